The smallest absolute Gasteiger partial charge is 0.325 e. The Morgan fingerprint density at radius 2 is 1.34 bits per heavy atom. The summed E-state index contributed by atoms with van der Waals surface area (Å²) in [7, 11) is 0. The number of nitrogens with one attached hydrogen (secondary N) is 3. The molecule has 0 aromatic carbocycles. The second-order valence-electron chi connectivity index (χ2n) is 7.14. The zero-order chi connectivity index (χ0) is 22.9. The fraction of sp³-hybridized carbons (Fsp3) is 0.706. The maximum Gasteiger partial charge on any atom is 0.325 e. The highest BCUT2D eigenvalue weighted by Gasteiger charge is 2.33. The van der Waals surface area contributed by atoms with Crippen molar-refractivity contribution in [2.24, 2.45) is 17.4 Å². The fourth-order valence-corrected chi connectivity index (χ4v) is 2.24. The molecule has 4 amide bonds. The minimum atomic E-state index is -1.44. The lowest BCUT2D eigenvalue weighted by Gasteiger charge is -2.27. The third-order valence-electron chi connectivity index (χ3n) is 4.08. The number of amides is 4. The van der Waals surface area contributed by atoms with E-state index in [0.717, 1.165) is 0 Å². The van der Waals surface area contributed by atoms with Crippen molar-refractivity contribution >= 4 is 29.6 Å². The summed E-state index contributed by atoms with van der Waals surface area (Å²) in [5.74, 6) is -4.65. The Kier molecular flexibility index (Phi) is 10.8. The normalized spacial score (nSPS) is 16.1. The molecule has 0 aliphatic heterocycles. The van der Waals surface area contributed by atoms with E-state index < -0.39 is 65.8 Å². The Morgan fingerprint density at radius 1 is 0.862 bits per heavy atom. The van der Waals surface area contributed by atoms with Crippen molar-refractivity contribution in [2.45, 2.75) is 70.8 Å². The van der Waals surface area contributed by atoms with Gasteiger partial charge in [-0.25, -0.2) is 0 Å². The van der Waals surface area contributed by atoms with E-state index in [0.29, 0.717) is 0 Å². The second kappa shape index (κ2) is 12.0. The summed E-state index contributed by atoms with van der Waals surface area (Å²) in [6.07, 6.45) is -1.43. The van der Waals surface area contributed by atoms with Crippen LogP contribution < -0.4 is 27.4 Å². The molecule has 0 aromatic heterocycles. The average molecular weight is 417 g/mol. The predicted molar refractivity (Wildman–Crippen MR) is 102 cm³/mol. The molecule has 0 saturated carbocycles. The number of aliphatic hydroxyl groups excluding tert-OH is 1. The third kappa shape index (κ3) is 9.34. The molecule has 0 spiro atoms. The molecular weight excluding hydrogens is 386 g/mol. The minimum absolute atomic E-state index is 0.000612. The molecule has 5 unspecified atom stereocenters. The van der Waals surface area contributed by atoms with Crippen LogP contribution in [0.5, 0.6) is 0 Å². The summed E-state index contributed by atoms with van der Waals surface area (Å²) in [5.41, 5.74) is 10.7. The molecule has 166 valence electrons. The van der Waals surface area contributed by atoms with Crippen molar-refractivity contribution in [1.82, 2.24) is 16.0 Å². The van der Waals surface area contributed by atoms with Crippen LogP contribution >= 0.6 is 0 Å². The Labute approximate surface area is 168 Å². The molecule has 0 aromatic rings. The zero-order valence-corrected chi connectivity index (χ0v) is 17.0. The van der Waals surface area contributed by atoms with E-state index in [2.05, 4.69) is 16.0 Å². The van der Waals surface area contributed by atoms with Gasteiger partial charge in [0.15, 0.2) is 0 Å². The van der Waals surface area contributed by atoms with Crippen LogP contribution in [0.2, 0.25) is 0 Å². The van der Waals surface area contributed by atoms with Crippen LogP contribution in [0.3, 0.4) is 0 Å². The first-order valence-electron chi connectivity index (χ1n) is 9.13. The van der Waals surface area contributed by atoms with Crippen LogP contribution in [0.25, 0.3) is 0 Å². The zero-order valence-electron chi connectivity index (χ0n) is 17.0. The van der Waals surface area contributed by atoms with Gasteiger partial charge in [0.1, 0.15) is 18.1 Å². The van der Waals surface area contributed by atoms with Crippen molar-refractivity contribution < 1.29 is 34.2 Å². The van der Waals surface area contributed by atoms with Crippen molar-refractivity contribution in [3.63, 3.8) is 0 Å². The Hall–Kier alpha value is -2.73. The number of nitrogens with two attached hydrogens (primary N) is 2. The van der Waals surface area contributed by atoms with Gasteiger partial charge in [0.2, 0.25) is 23.6 Å². The predicted octanol–water partition coefficient (Wildman–Crippen LogP) is -2.83. The van der Waals surface area contributed by atoms with Crippen LogP contribution in [-0.4, -0.2) is 70.1 Å². The summed E-state index contributed by atoms with van der Waals surface area (Å²) in [4.78, 5) is 58.7. The number of primary amides is 1. The highest BCUT2D eigenvalue weighted by Crippen LogP contribution is 2.06. The summed E-state index contributed by atoms with van der Waals surface area (Å²) in [6, 6.07) is -4.83. The summed E-state index contributed by atoms with van der Waals surface area (Å²) in [5, 5.41) is 25.6. The molecule has 0 aliphatic rings. The van der Waals surface area contributed by atoms with Crippen molar-refractivity contribution in [3.05, 3.63) is 0 Å². The minimum Gasteiger partial charge on any atom is -0.480 e. The Bertz CT molecular complexity index is 623. The molecule has 0 bridgehead atoms. The standard InChI is InChI=1S/C17H31N5O7/c1-7(2)12(21-14(25)10(18)5-6-11(19)24)15(26)22-13(9(4)23)16(27)20-8(3)17(28)29/h7-10,12-13,23H,5-6,18H2,1-4H3,(H2,19,24)(H,20,27)(H,21,25)(H,22,26)(H,28,29). The monoisotopic (exact) mass is 417 g/mol. The van der Waals surface area contributed by atoms with Crippen LogP contribution in [0.15, 0.2) is 0 Å². The van der Waals surface area contributed by atoms with Crippen LogP contribution in [0.1, 0.15) is 40.5 Å². The molecule has 0 radical (unpaired) electrons. The van der Waals surface area contributed by atoms with Crippen molar-refractivity contribution in [2.75, 3.05) is 0 Å². The molecule has 5 atom stereocenters. The molecule has 0 aliphatic carbocycles. The topological polar surface area (TPSA) is 214 Å². The van der Waals surface area contributed by atoms with Crippen LogP contribution in [0, 0.1) is 5.92 Å². The van der Waals surface area contributed by atoms with Crippen LogP contribution in [-0.2, 0) is 24.0 Å². The van der Waals surface area contributed by atoms with Crippen molar-refractivity contribution in [1.29, 1.82) is 0 Å². The number of rotatable bonds is 12. The number of aliphatic carboxylic acids is 1. The molecule has 29 heavy (non-hydrogen) atoms. The van der Waals surface area contributed by atoms with E-state index in [1.807, 2.05) is 0 Å². The largest absolute Gasteiger partial charge is 0.480 e. The van der Waals surface area contributed by atoms with Gasteiger partial charge in [-0.3, -0.25) is 24.0 Å². The first-order valence-corrected chi connectivity index (χ1v) is 9.13. The Morgan fingerprint density at radius 3 is 1.76 bits per heavy atom. The molecular formula is C17H31N5O7. The summed E-state index contributed by atoms with van der Waals surface area (Å²) in [6.45, 7) is 5.76. The number of carbonyl (C=O) groups is 5. The van der Waals surface area contributed by atoms with E-state index in [-0.39, 0.29) is 12.8 Å². The van der Waals surface area contributed by atoms with Gasteiger partial charge in [-0.2, -0.15) is 0 Å². The number of aliphatic hydroxyl groups is 1. The van der Waals surface area contributed by atoms with Gasteiger partial charge in [0.25, 0.3) is 0 Å². The maximum absolute atomic E-state index is 12.6. The second-order valence-corrected chi connectivity index (χ2v) is 7.14. The number of carboxylic acid groups (broad SMARTS) is 1. The average Bonchev–Trinajstić information content (AvgIpc) is 2.60. The molecule has 12 nitrogen and oxygen atoms in total. The highest BCUT2D eigenvalue weighted by atomic mass is 16.4. The summed E-state index contributed by atoms with van der Waals surface area (Å²) >= 11 is 0. The van der Waals surface area contributed by atoms with Gasteiger partial charge in [-0.05, 0) is 26.2 Å². The quantitative estimate of drug-likeness (QED) is 0.175. The van der Waals surface area contributed by atoms with Gasteiger partial charge in [-0.1, -0.05) is 13.8 Å². The third-order valence-corrected chi connectivity index (χ3v) is 4.08. The Balaban J connectivity index is 5.16. The molecule has 0 saturated heterocycles. The number of hydrogen-bond donors (Lipinski definition) is 7. The fourth-order valence-electron chi connectivity index (χ4n) is 2.24. The van der Waals surface area contributed by atoms with Gasteiger partial charge in [0.05, 0.1) is 12.1 Å². The van der Waals surface area contributed by atoms with E-state index in [4.69, 9.17) is 16.6 Å². The van der Waals surface area contributed by atoms with E-state index in [9.17, 15) is 29.1 Å². The SMILES string of the molecule is CC(NC(=O)C(NC(=O)C(NC(=O)C(N)CCC(N)=O)C(C)C)C(C)O)C(=O)O. The van der Waals surface area contributed by atoms with E-state index in [1.165, 1.54) is 13.8 Å². The lowest BCUT2D eigenvalue weighted by molar-refractivity contribution is -0.142. The highest BCUT2D eigenvalue weighted by molar-refractivity contribution is 5.94. The first kappa shape index (κ1) is 26.3. The maximum atomic E-state index is 12.6. The first-order chi connectivity index (χ1) is 13.3. The van der Waals surface area contributed by atoms with Gasteiger partial charge in [0, 0.05) is 6.42 Å². The lowest BCUT2D eigenvalue weighted by atomic mass is 10.0. The molecule has 12 heteroatoms. The molecule has 0 rings (SSSR count). The molecule has 9 N–H and O–H groups in total. The summed E-state index contributed by atoms with van der Waals surface area (Å²) < 4.78 is 0. The van der Waals surface area contributed by atoms with E-state index in [1.54, 1.807) is 13.8 Å². The van der Waals surface area contributed by atoms with Crippen molar-refractivity contribution in [3.8, 4) is 0 Å². The van der Waals surface area contributed by atoms with Gasteiger partial charge < -0.3 is 37.6 Å². The number of hydrogen-bond acceptors (Lipinski definition) is 7. The molecule has 0 heterocycles. The van der Waals surface area contributed by atoms with Gasteiger partial charge in [-0.15, -0.1) is 0 Å². The van der Waals surface area contributed by atoms with Crippen LogP contribution in [0.4, 0.5) is 0 Å². The van der Waals surface area contributed by atoms with E-state index >= 15 is 0 Å². The molecule has 0 fully saturated rings. The lowest BCUT2D eigenvalue weighted by Crippen LogP contribution is -2.60. The number of carboxylic acids is 1. The number of carbonyl (C=O) groups excluding carboxylic acids is 4. The van der Waals surface area contributed by atoms with Gasteiger partial charge >= 0.3 is 5.97 Å².